The Kier molecular flexibility index (Phi) is 4.34. The molecule has 0 saturated carbocycles. The van der Waals surface area contributed by atoms with Crippen LogP contribution in [0, 0.1) is 11.3 Å². The maximum absolute atomic E-state index is 13.2. The van der Waals surface area contributed by atoms with Gasteiger partial charge in [0.15, 0.2) is 0 Å². The smallest absolute Gasteiger partial charge is 0.305 e. The number of rotatable bonds is 2. The average molecular weight is 397 g/mol. The maximum atomic E-state index is 13.2. The van der Waals surface area contributed by atoms with Gasteiger partial charge in [0.05, 0.1) is 29.4 Å². The van der Waals surface area contributed by atoms with Gasteiger partial charge < -0.3 is 4.90 Å². The van der Waals surface area contributed by atoms with E-state index in [1.165, 1.54) is 11.0 Å². The van der Waals surface area contributed by atoms with E-state index in [2.05, 4.69) is 10.1 Å². The van der Waals surface area contributed by atoms with Crippen molar-refractivity contribution in [3.63, 3.8) is 0 Å². The van der Waals surface area contributed by atoms with Crippen LogP contribution in [-0.4, -0.2) is 27.2 Å². The molecule has 0 unspecified atom stereocenters. The fourth-order valence-corrected chi connectivity index (χ4v) is 3.47. The van der Waals surface area contributed by atoms with E-state index in [0.717, 1.165) is 17.7 Å². The number of fused-ring (bicyclic) bond motifs is 1. The first-order valence-corrected chi connectivity index (χ1v) is 8.72. The highest BCUT2D eigenvalue weighted by Crippen LogP contribution is 2.36. The van der Waals surface area contributed by atoms with Crippen molar-refractivity contribution in [1.82, 2.24) is 14.8 Å². The van der Waals surface area contributed by atoms with E-state index in [9.17, 15) is 18.0 Å². The molecule has 0 bridgehead atoms. The predicted octanol–water partition coefficient (Wildman–Crippen LogP) is 4.06. The van der Waals surface area contributed by atoms with Gasteiger partial charge in [-0.25, -0.2) is 0 Å². The molecule has 0 aliphatic carbocycles. The lowest BCUT2D eigenvalue weighted by Gasteiger charge is -2.32. The second-order valence-corrected chi connectivity index (χ2v) is 6.69. The number of nitriles is 1. The molecule has 0 N–H and O–H groups in total. The second kappa shape index (κ2) is 6.74. The van der Waals surface area contributed by atoms with E-state index in [-0.39, 0.29) is 18.3 Å². The van der Waals surface area contributed by atoms with Gasteiger partial charge in [-0.05, 0) is 42.8 Å². The van der Waals surface area contributed by atoms with Gasteiger partial charge in [0.25, 0.3) is 5.91 Å². The van der Waals surface area contributed by atoms with Crippen LogP contribution in [0.15, 0.2) is 48.9 Å². The molecule has 1 aliphatic heterocycles. The SMILES string of the molecule is C[C@H]1CN(c2ccc(C(F)(F)F)c(C#N)c2)C(=O)c2c(-c3ccncc3)cnn21. The molecule has 3 heterocycles. The number of carbonyl (C=O) groups excluding carboxylic acids is 1. The van der Waals surface area contributed by atoms with E-state index in [4.69, 9.17) is 5.26 Å². The van der Waals surface area contributed by atoms with E-state index in [1.807, 2.05) is 6.92 Å². The molecule has 1 amide bonds. The lowest BCUT2D eigenvalue weighted by molar-refractivity contribution is -0.137. The number of anilines is 1. The molecule has 4 rings (SSSR count). The molecule has 0 saturated heterocycles. The predicted molar refractivity (Wildman–Crippen MR) is 98.0 cm³/mol. The third kappa shape index (κ3) is 3.12. The van der Waals surface area contributed by atoms with Crippen LogP contribution in [0.3, 0.4) is 0 Å². The van der Waals surface area contributed by atoms with Crippen molar-refractivity contribution in [2.75, 3.05) is 11.4 Å². The highest BCUT2D eigenvalue weighted by Gasteiger charge is 2.36. The van der Waals surface area contributed by atoms with Crippen LogP contribution in [0.5, 0.6) is 0 Å². The molecule has 1 aromatic carbocycles. The third-order valence-corrected chi connectivity index (χ3v) is 4.84. The van der Waals surface area contributed by atoms with Gasteiger partial charge in [-0.3, -0.25) is 14.5 Å². The number of pyridine rings is 1. The molecule has 6 nitrogen and oxygen atoms in total. The summed E-state index contributed by atoms with van der Waals surface area (Å²) in [7, 11) is 0. The molecular formula is C20H14F3N5O. The summed E-state index contributed by atoms with van der Waals surface area (Å²) in [6, 6.07) is 8.03. The Bertz CT molecular complexity index is 1130. The minimum absolute atomic E-state index is 0.203. The lowest BCUT2D eigenvalue weighted by atomic mass is 10.0. The maximum Gasteiger partial charge on any atom is 0.417 e. The first kappa shape index (κ1) is 18.7. The van der Waals surface area contributed by atoms with E-state index < -0.39 is 23.2 Å². The van der Waals surface area contributed by atoms with Gasteiger partial charge in [0, 0.05) is 30.2 Å². The summed E-state index contributed by atoms with van der Waals surface area (Å²) in [5.74, 6) is -0.393. The van der Waals surface area contributed by atoms with Gasteiger partial charge in [0.1, 0.15) is 5.69 Å². The van der Waals surface area contributed by atoms with Gasteiger partial charge >= 0.3 is 6.18 Å². The van der Waals surface area contributed by atoms with Crippen molar-refractivity contribution in [2.24, 2.45) is 0 Å². The quantitative estimate of drug-likeness (QED) is 0.654. The van der Waals surface area contributed by atoms with Gasteiger partial charge in [0.2, 0.25) is 0 Å². The molecule has 0 radical (unpaired) electrons. The summed E-state index contributed by atoms with van der Waals surface area (Å²) in [5.41, 5.74) is 0.399. The van der Waals surface area contributed by atoms with Crippen LogP contribution in [0.2, 0.25) is 0 Å². The van der Waals surface area contributed by atoms with Crippen molar-refractivity contribution < 1.29 is 18.0 Å². The third-order valence-electron chi connectivity index (χ3n) is 4.84. The number of hydrogen-bond acceptors (Lipinski definition) is 4. The van der Waals surface area contributed by atoms with E-state index in [0.29, 0.717) is 11.3 Å². The van der Waals surface area contributed by atoms with Gasteiger partial charge in [-0.2, -0.15) is 23.5 Å². The van der Waals surface area contributed by atoms with Crippen molar-refractivity contribution >= 4 is 11.6 Å². The topological polar surface area (TPSA) is 74.8 Å². The average Bonchev–Trinajstić information content (AvgIpc) is 3.16. The number of carbonyl (C=O) groups is 1. The van der Waals surface area contributed by atoms with E-state index >= 15 is 0 Å². The normalized spacial score (nSPS) is 16.4. The minimum atomic E-state index is -4.64. The molecule has 0 fully saturated rings. The molecule has 9 heteroatoms. The standard InChI is InChI=1S/C20H14F3N5O/c1-12-11-27(15-2-3-17(20(21,22)23)14(8-15)9-24)19(29)18-16(10-26-28(12)18)13-4-6-25-7-5-13/h2-8,10,12H,11H2,1H3/t12-/m0/s1. The van der Waals surface area contributed by atoms with Crippen molar-refractivity contribution in [1.29, 1.82) is 5.26 Å². The summed E-state index contributed by atoms with van der Waals surface area (Å²) in [4.78, 5) is 18.6. The summed E-state index contributed by atoms with van der Waals surface area (Å²) >= 11 is 0. The molecular weight excluding hydrogens is 383 g/mol. The monoisotopic (exact) mass is 397 g/mol. The van der Waals surface area contributed by atoms with E-state index in [1.54, 1.807) is 41.5 Å². The van der Waals surface area contributed by atoms with Crippen LogP contribution in [0.1, 0.15) is 34.6 Å². The fourth-order valence-electron chi connectivity index (χ4n) is 3.47. The molecule has 1 aliphatic rings. The first-order chi connectivity index (χ1) is 13.8. The zero-order valence-electron chi connectivity index (χ0n) is 15.2. The molecule has 2 aromatic heterocycles. The Hall–Kier alpha value is -3.67. The van der Waals surface area contributed by atoms with Crippen LogP contribution < -0.4 is 4.90 Å². The van der Waals surface area contributed by atoms with Crippen LogP contribution >= 0.6 is 0 Å². The van der Waals surface area contributed by atoms with Crippen LogP contribution in [-0.2, 0) is 6.18 Å². The van der Waals surface area contributed by atoms with Crippen molar-refractivity contribution in [3.8, 4) is 17.2 Å². The highest BCUT2D eigenvalue weighted by atomic mass is 19.4. The number of nitrogens with zero attached hydrogens (tertiary/aromatic N) is 5. The summed E-state index contributed by atoms with van der Waals surface area (Å²) in [6.07, 6.45) is 0.151. The summed E-state index contributed by atoms with van der Waals surface area (Å²) in [5, 5.41) is 13.5. The van der Waals surface area contributed by atoms with Gasteiger partial charge in [-0.15, -0.1) is 0 Å². The number of amides is 1. The Morgan fingerprint density at radius 1 is 1.21 bits per heavy atom. The largest absolute Gasteiger partial charge is 0.417 e. The highest BCUT2D eigenvalue weighted by molar-refractivity contribution is 6.09. The first-order valence-electron chi connectivity index (χ1n) is 8.72. The molecule has 1 atom stereocenters. The molecule has 0 spiro atoms. The number of benzene rings is 1. The number of hydrogen-bond donors (Lipinski definition) is 0. The molecule has 146 valence electrons. The number of aromatic nitrogens is 3. The number of alkyl halides is 3. The zero-order chi connectivity index (χ0) is 20.8. The van der Waals surface area contributed by atoms with Crippen LogP contribution in [0.25, 0.3) is 11.1 Å². The zero-order valence-corrected chi connectivity index (χ0v) is 15.2. The Morgan fingerprint density at radius 2 is 1.93 bits per heavy atom. The Balaban J connectivity index is 1.79. The Labute approximate surface area is 163 Å². The van der Waals surface area contributed by atoms with Crippen molar-refractivity contribution in [2.45, 2.75) is 19.1 Å². The minimum Gasteiger partial charge on any atom is -0.305 e. The molecule has 29 heavy (non-hydrogen) atoms. The lowest BCUT2D eigenvalue weighted by Crippen LogP contribution is -2.42. The Morgan fingerprint density at radius 3 is 2.59 bits per heavy atom. The fraction of sp³-hybridized carbons (Fsp3) is 0.200. The van der Waals surface area contributed by atoms with Crippen LogP contribution in [0.4, 0.5) is 18.9 Å². The second-order valence-electron chi connectivity index (χ2n) is 6.69. The summed E-state index contributed by atoms with van der Waals surface area (Å²) < 4.78 is 40.9. The van der Waals surface area contributed by atoms with Gasteiger partial charge in [-0.1, -0.05) is 0 Å². The summed E-state index contributed by atoms with van der Waals surface area (Å²) in [6.45, 7) is 2.08. The van der Waals surface area contributed by atoms with Crippen molar-refractivity contribution in [3.05, 3.63) is 65.7 Å². The number of halogens is 3. The molecule has 3 aromatic rings.